The van der Waals surface area contributed by atoms with Crippen LogP contribution >= 0.6 is 0 Å². The van der Waals surface area contributed by atoms with Crippen molar-refractivity contribution in [3.63, 3.8) is 0 Å². The molecular formula is C21H28O4. The molecular weight excluding hydrogens is 316 g/mol. The Labute approximate surface area is 149 Å². The number of allylic oxidation sites excluding steroid dienone is 1. The Kier molecular flexibility index (Phi) is 3.84. The fraction of sp³-hybridized carbons (Fsp3) is 0.762. The molecule has 0 aromatic carbocycles. The molecule has 0 radical (unpaired) electrons. The number of rotatable bonds is 2. The molecule has 0 spiro atoms. The summed E-state index contributed by atoms with van der Waals surface area (Å²) in [4.78, 5) is 37.4. The molecule has 0 aromatic heterocycles. The minimum absolute atomic E-state index is 0.00153. The van der Waals surface area contributed by atoms with Gasteiger partial charge in [-0.3, -0.25) is 14.4 Å². The zero-order valence-electron chi connectivity index (χ0n) is 15.2. The molecule has 4 aliphatic carbocycles. The molecule has 4 aliphatic rings. The van der Waals surface area contributed by atoms with Gasteiger partial charge >= 0.3 is 0 Å². The molecule has 0 bridgehead atoms. The highest BCUT2D eigenvalue weighted by Crippen LogP contribution is 2.65. The Hall–Kier alpha value is -1.29. The van der Waals surface area contributed by atoms with Crippen molar-refractivity contribution < 1.29 is 19.5 Å². The maximum Gasteiger partial charge on any atom is 0.161 e. The van der Waals surface area contributed by atoms with Crippen LogP contribution in [0.15, 0.2) is 11.6 Å². The molecule has 0 saturated heterocycles. The van der Waals surface area contributed by atoms with Crippen molar-refractivity contribution in [1.29, 1.82) is 0 Å². The molecule has 6 atom stereocenters. The molecule has 136 valence electrons. The van der Waals surface area contributed by atoms with E-state index in [2.05, 4.69) is 13.8 Å². The van der Waals surface area contributed by atoms with Crippen LogP contribution in [0, 0.1) is 34.5 Å². The summed E-state index contributed by atoms with van der Waals surface area (Å²) in [5.41, 5.74) is 0.719. The van der Waals surface area contributed by atoms with Crippen LogP contribution in [0.1, 0.15) is 58.8 Å². The SMILES string of the molecule is C[C@]12CC(=O)C3[C@@H](CCC4=CC(=O)CC[C@@]43C)[C@@H]1CC[C@@H]2C(=O)CO. The summed E-state index contributed by atoms with van der Waals surface area (Å²) in [5, 5.41) is 9.34. The van der Waals surface area contributed by atoms with E-state index in [1.165, 1.54) is 5.57 Å². The molecule has 1 unspecified atom stereocenters. The summed E-state index contributed by atoms with van der Waals surface area (Å²) in [6.07, 6.45) is 7.23. The molecule has 3 saturated carbocycles. The quantitative estimate of drug-likeness (QED) is 0.836. The maximum atomic E-state index is 13.3. The van der Waals surface area contributed by atoms with Crippen LogP contribution < -0.4 is 0 Å². The fourth-order valence-corrected chi connectivity index (χ4v) is 7.02. The van der Waals surface area contributed by atoms with Gasteiger partial charge < -0.3 is 5.11 Å². The predicted octanol–water partition coefficient (Wildman–Crippen LogP) is 2.87. The number of Topliss-reactive ketones (excluding diaryl/α,β-unsaturated/α-hetero) is 2. The third-order valence-electron chi connectivity index (χ3n) is 8.19. The molecule has 3 fully saturated rings. The summed E-state index contributed by atoms with van der Waals surface area (Å²) in [6.45, 7) is 3.88. The van der Waals surface area contributed by atoms with Crippen LogP contribution in [0.25, 0.3) is 0 Å². The largest absolute Gasteiger partial charge is 0.389 e. The van der Waals surface area contributed by atoms with Gasteiger partial charge in [0.05, 0.1) is 0 Å². The van der Waals surface area contributed by atoms with E-state index in [9.17, 15) is 19.5 Å². The van der Waals surface area contributed by atoms with Gasteiger partial charge in [-0.15, -0.1) is 0 Å². The van der Waals surface area contributed by atoms with Crippen LogP contribution in [0.5, 0.6) is 0 Å². The first kappa shape index (κ1) is 17.1. The zero-order chi connectivity index (χ0) is 18.0. The second kappa shape index (κ2) is 5.60. The number of carbonyl (C=O) groups is 3. The van der Waals surface area contributed by atoms with E-state index >= 15 is 0 Å². The molecule has 1 N–H and O–H groups in total. The first-order valence-electron chi connectivity index (χ1n) is 9.71. The molecule has 0 amide bonds. The first-order valence-corrected chi connectivity index (χ1v) is 9.71. The molecule has 25 heavy (non-hydrogen) atoms. The van der Waals surface area contributed by atoms with Gasteiger partial charge in [0.1, 0.15) is 12.4 Å². The minimum Gasteiger partial charge on any atom is -0.389 e. The van der Waals surface area contributed by atoms with E-state index in [0.717, 1.165) is 32.1 Å². The summed E-state index contributed by atoms with van der Waals surface area (Å²) in [7, 11) is 0. The van der Waals surface area contributed by atoms with Crippen molar-refractivity contribution in [1.82, 2.24) is 0 Å². The normalized spacial score (nSPS) is 46.1. The van der Waals surface area contributed by atoms with E-state index in [4.69, 9.17) is 0 Å². The number of hydrogen-bond acceptors (Lipinski definition) is 4. The topological polar surface area (TPSA) is 71.4 Å². The van der Waals surface area contributed by atoms with E-state index in [-0.39, 0.29) is 40.0 Å². The van der Waals surface area contributed by atoms with Crippen LogP contribution in [0.3, 0.4) is 0 Å². The predicted molar refractivity (Wildman–Crippen MR) is 92.7 cm³/mol. The van der Waals surface area contributed by atoms with Gasteiger partial charge in [-0.25, -0.2) is 0 Å². The Balaban J connectivity index is 1.71. The van der Waals surface area contributed by atoms with Crippen molar-refractivity contribution in [2.24, 2.45) is 34.5 Å². The summed E-state index contributed by atoms with van der Waals surface area (Å²) >= 11 is 0. The maximum absolute atomic E-state index is 13.3. The first-order chi connectivity index (χ1) is 11.8. The van der Waals surface area contributed by atoms with Gasteiger partial charge in [0.2, 0.25) is 0 Å². The lowest BCUT2D eigenvalue weighted by Gasteiger charge is -2.56. The highest BCUT2D eigenvalue weighted by atomic mass is 16.3. The smallest absolute Gasteiger partial charge is 0.161 e. The van der Waals surface area contributed by atoms with Crippen LogP contribution in [-0.2, 0) is 14.4 Å². The fourth-order valence-electron chi connectivity index (χ4n) is 7.02. The Bertz CT molecular complexity index is 677. The lowest BCUT2D eigenvalue weighted by atomic mass is 9.46. The van der Waals surface area contributed by atoms with Crippen molar-refractivity contribution >= 4 is 17.3 Å². The Morgan fingerprint density at radius 1 is 1.20 bits per heavy atom. The molecule has 0 aliphatic heterocycles. The third kappa shape index (κ3) is 2.26. The van der Waals surface area contributed by atoms with Gasteiger partial charge in [0.15, 0.2) is 11.6 Å². The van der Waals surface area contributed by atoms with Crippen molar-refractivity contribution in [3.05, 3.63) is 11.6 Å². The summed E-state index contributed by atoms with van der Waals surface area (Å²) < 4.78 is 0. The average molecular weight is 344 g/mol. The van der Waals surface area contributed by atoms with Gasteiger partial charge in [-0.1, -0.05) is 19.4 Å². The number of hydrogen-bond donors (Lipinski definition) is 1. The summed E-state index contributed by atoms with van der Waals surface area (Å²) in [5.74, 6) is 0.913. The van der Waals surface area contributed by atoms with Crippen molar-refractivity contribution in [2.75, 3.05) is 6.61 Å². The number of aliphatic hydroxyl groups excluding tert-OH is 1. The van der Waals surface area contributed by atoms with Crippen molar-refractivity contribution in [2.45, 2.75) is 58.8 Å². The highest BCUT2D eigenvalue weighted by Gasteiger charge is 2.62. The second-order valence-corrected chi connectivity index (χ2v) is 9.24. The molecule has 0 aromatic rings. The average Bonchev–Trinajstić information content (AvgIpc) is 2.91. The molecule has 4 rings (SSSR count). The van der Waals surface area contributed by atoms with E-state index in [1.54, 1.807) is 0 Å². The lowest BCUT2D eigenvalue weighted by Crippen LogP contribution is -2.55. The standard InChI is InChI=1S/C21H28O4/c1-20-8-7-13(23)9-12(20)3-4-14-15-5-6-16(18(25)11-22)21(15,2)10-17(24)19(14)20/h9,14-16,19,22H,3-8,10-11H2,1-2H3/t14-,15-,16+,19?,20-,21-/m0/s1. The monoisotopic (exact) mass is 344 g/mol. The third-order valence-corrected chi connectivity index (χ3v) is 8.19. The molecule has 4 heteroatoms. The van der Waals surface area contributed by atoms with Crippen molar-refractivity contribution in [3.8, 4) is 0 Å². The van der Waals surface area contributed by atoms with E-state index < -0.39 is 6.61 Å². The Morgan fingerprint density at radius 3 is 2.68 bits per heavy atom. The number of aliphatic hydroxyl groups is 1. The molecule has 0 heterocycles. The van der Waals surface area contributed by atoms with Crippen LogP contribution in [0.2, 0.25) is 0 Å². The van der Waals surface area contributed by atoms with Gasteiger partial charge in [0, 0.05) is 24.7 Å². The van der Waals surface area contributed by atoms with Gasteiger partial charge in [-0.05, 0) is 60.8 Å². The highest BCUT2D eigenvalue weighted by molar-refractivity contribution is 5.93. The molecule has 4 nitrogen and oxygen atoms in total. The number of fused-ring (bicyclic) bond motifs is 5. The Morgan fingerprint density at radius 2 is 1.96 bits per heavy atom. The van der Waals surface area contributed by atoms with E-state index in [1.807, 2.05) is 6.08 Å². The number of carbonyl (C=O) groups excluding carboxylic acids is 3. The van der Waals surface area contributed by atoms with Gasteiger partial charge in [0.25, 0.3) is 0 Å². The minimum atomic E-state index is -0.415. The van der Waals surface area contributed by atoms with Crippen LogP contribution in [-0.4, -0.2) is 29.1 Å². The van der Waals surface area contributed by atoms with Gasteiger partial charge in [-0.2, -0.15) is 0 Å². The zero-order valence-corrected chi connectivity index (χ0v) is 15.2. The number of ketones is 3. The van der Waals surface area contributed by atoms with Crippen LogP contribution in [0.4, 0.5) is 0 Å². The second-order valence-electron chi connectivity index (χ2n) is 9.24. The summed E-state index contributed by atoms with van der Waals surface area (Å²) in [6, 6.07) is 0. The van der Waals surface area contributed by atoms with E-state index in [0.29, 0.717) is 24.7 Å². The lowest BCUT2D eigenvalue weighted by molar-refractivity contribution is -0.149.